The number of aliphatic hydroxyl groups excluding tert-OH is 2. The fraction of sp³-hybridized carbons (Fsp3) is 0.571. The standard InChI is InChI=1S/C14H20N2O5/c17-4-6-21-13-9-20-5-2-11(13)16-14(19)12-7-10(8-18)1-3-15-12/h1,3,7,11,13,17-18H,2,4-6,8-9H2,(H,16,19)/t11-,13-/m1/s1. The molecule has 2 heterocycles. The van der Waals surface area contributed by atoms with Gasteiger partial charge in [-0.2, -0.15) is 0 Å². The summed E-state index contributed by atoms with van der Waals surface area (Å²) >= 11 is 0. The number of aliphatic hydroxyl groups is 2. The summed E-state index contributed by atoms with van der Waals surface area (Å²) < 4.78 is 10.8. The number of nitrogens with one attached hydrogen (secondary N) is 1. The average molecular weight is 296 g/mol. The van der Waals surface area contributed by atoms with E-state index in [1.54, 1.807) is 12.1 Å². The van der Waals surface area contributed by atoms with Gasteiger partial charge in [0.2, 0.25) is 0 Å². The van der Waals surface area contributed by atoms with E-state index in [-0.39, 0.29) is 43.6 Å². The first-order valence-electron chi connectivity index (χ1n) is 6.91. The lowest BCUT2D eigenvalue weighted by Crippen LogP contribution is -2.50. The predicted octanol–water partition coefficient (Wildman–Crippen LogP) is -0.530. The summed E-state index contributed by atoms with van der Waals surface area (Å²) in [6.45, 7) is 0.932. The molecule has 1 aliphatic rings. The van der Waals surface area contributed by atoms with Crippen LogP contribution < -0.4 is 5.32 Å². The number of hydrogen-bond donors (Lipinski definition) is 3. The van der Waals surface area contributed by atoms with E-state index in [0.29, 0.717) is 25.2 Å². The van der Waals surface area contributed by atoms with E-state index in [4.69, 9.17) is 19.7 Å². The maximum Gasteiger partial charge on any atom is 0.270 e. The van der Waals surface area contributed by atoms with Crippen molar-refractivity contribution < 1.29 is 24.5 Å². The van der Waals surface area contributed by atoms with Gasteiger partial charge in [-0.15, -0.1) is 0 Å². The van der Waals surface area contributed by atoms with Crippen LogP contribution in [0.3, 0.4) is 0 Å². The Bertz CT molecular complexity index is 468. The van der Waals surface area contributed by atoms with Crippen molar-refractivity contribution in [2.45, 2.75) is 25.2 Å². The SMILES string of the molecule is O=C(N[C@@H]1CCOC[C@H]1OCCO)c1cc(CO)ccn1. The fourth-order valence-electron chi connectivity index (χ4n) is 2.18. The molecule has 0 saturated carbocycles. The molecular weight excluding hydrogens is 276 g/mol. The molecule has 1 fully saturated rings. The number of hydrogen-bond acceptors (Lipinski definition) is 6. The Hall–Kier alpha value is -1.54. The molecule has 3 N–H and O–H groups in total. The number of rotatable bonds is 6. The molecule has 2 atom stereocenters. The Morgan fingerprint density at radius 1 is 1.52 bits per heavy atom. The molecule has 1 aliphatic heterocycles. The van der Waals surface area contributed by atoms with Crippen LogP contribution in [0.2, 0.25) is 0 Å². The summed E-state index contributed by atoms with van der Waals surface area (Å²) in [4.78, 5) is 16.2. The Morgan fingerprint density at radius 2 is 2.38 bits per heavy atom. The molecule has 2 rings (SSSR count). The first kappa shape index (κ1) is 15.8. The van der Waals surface area contributed by atoms with Crippen molar-refractivity contribution in [2.75, 3.05) is 26.4 Å². The molecule has 0 aliphatic carbocycles. The third-order valence-electron chi connectivity index (χ3n) is 3.28. The Morgan fingerprint density at radius 3 is 3.14 bits per heavy atom. The van der Waals surface area contributed by atoms with Gasteiger partial charge in [0.15, 0.2) is 0 Å². The molecule has 0 spiro atoms. The minimum Gasteiger partial charge on any atom is -0.394 e. The van der Waals surface area contributed by atoms with Crippen molar-refractivity contribution in [1.29, 1.82) is 0 Å². The molecule has 0 unspecified atom stereocenters. The third kappa shape index (κ3) is 4.47. The molecular formula is C14H20N2O5. The molecule has 1 saturated heterocycles. The molecule has 0 aromatic carbocycles. The Labute approximate surface area is 122 Å². The van der Waals surface area contributed by atoms with E-state index in [1.807, 2.05) is 0 Å². The molecule has 1 amide bonds. The summed E-state index contributed by atoms with van der Waals surface area (Å²) in [5.74, 6) is -0.310. The zero-order chi connectivity index (χ0) is 15.1. The van der Waals surface area contributed by atoms with Gasteiger partial charge in [-0.05, 0) is 24.1 Å². The number of carbonyl (C=O) groups is 1. The van der Waals surface area contributed by atoms with E-state index in [0.717, 1.165) is 0 Å². The number of carbonyl (C=O) groups excluding carboxylic acids is 1. The van der Waals surface area contributed by atoms with Crippen molar-refractivity contribution in [1.82, 2.24) is 10.3 Å². The monoisotopic (exact) mass is 296 g/mol. The van der Waals surface area contributed by atoms with Crippen LogP contribution in [0.15, 0.2) is 18.3 Å². The number of ether oxygens (including phenoxy) is 2. The van der Waals surface area contributed by atoms with E-state index in [1.165, 1.54) is 6.20 Å². The van der Waals surface area contributed by atoms with Gasteiger partial charge in [-0.25, -0.2) is 0 Å². The normalized spacial score (nSPS) is 22.0. The maximum atomic E-state index is 12.2. The maximum absolute atomic E-state index is 12.2. The van der Waals surface area contributed by atoms with Gasteiger partial charge in [-0.3, -0.25) is 9.78 Å². The van der Waals surface area contributed by atoms with Crippen LogP contribution in [0.5, 0.6) is 0 Å². The minimum atomic E-state index is -0.310. The van der Waals surface area contributed by atoms with Crippen LogP contribution in [0.25, 0.3) is 0 Å². The molecule has 0 radical (unpaired) electrons. The third-order valence-corrected chi connectivity index (χ3v) is 3.28. The van der Waals surface area contributed by atoms with E-state index in [2.05, 4.69) is 10.3 Å². The molecule has 21 heavy (non-hydrogen) atoms. The average Bonchev–Trinajstić information content (AvgIpc) is 2.54. The van der Waals surface area contributed by atoms with Crippen molar-refractivity contribution in [2.24, 2.45) is 0 Å². The summed E-state index contributed by atoms with van der Waals surface area (Å²) in [5, 5.41) is 20.8. The zero-order valence-corrected chi connectivity index (χ0v) is 11.7. The van der Waals surface area contributed by atoms with E-state index < -0.39 is 0 Å². The van der Waals surface area contributed by atoms with Gasteiger partial charge in [0, 0.05) is 12.8 Å². The summed E-state index contributed by atoms with van der Waals surface area (Å²) in [7, 11) is 0. The fourth-order valence-corrected chi connectivity index (χ4v) is 2.18. The van der Waals surface area contributed by atoms with E-state index >= 15 is 0 Å². The van der Waals surface area contributed by atoms with E-state index in [9.17, 15) is 4.79 Å². The Kier molecular flexibility index (Phi) is 6.06. The topological polar surface area (TPSA) is 101 Å². The van der Waals surface area contributed by atoms with Gasteiger partial charge in [0.1, 0.15) is 11.8 Å². The van der Waals surface area contributed by atoms with Crippen molar-refractivity contribution in [3.05, 3.63) is 29.6 Å². The quantitative estimate of drug-likeness (QED) is 0.652. The number of pyridine rings is 1. The zero-order valence-electron chi connectivity index (χ0n) is 11.7. The molecule has 1 aromatic heterocycles. The molecule has 1 aromatic rings. The van der Waals surface area contributed by atoms with Gasteiger partial charge in [-0.1, -0.05) is 0 Å². The van der Waals surface area contributed by atoms with Crippen LogP contribution >= 0.6 is 0 Å². The highest BCUT2D eigenvalue weighted by atomic mass is 16.5. The first-order valence-corrected chi connectivity index (χ1v) is 6.91. The number of aromatic nitrogens is 1. The van der Waals surface area contributed by atoms with Crippen molar-refractivity contribution >= 4 is 5.91 Å². The van der Waals surface area contributed by atoms with Crippen LogP contribution in [0.4, 0.5) is 0 Å². The highest BCUT2D eigenvalue weighted by Crippen LogP contribution is 2.12. The largest absolute Gasteiger partial charge is 0.394 e. The minimum absolute atomic E-state index is 0.0722. The Balaban J connectivity index is 1.98. The highest BCUT2D eigenvalue weighted by Gasteiger charge is 2.28. The highest BCUT2D eigenvalue weighted by molar-refractivity contribution is 5.92. The summed E-state index contributed by atoms with van der Waals surface area (Å²) in [6, 6.07) is 3.02. The van der Waals surface area contributed by atoms with Crippen molar-refractivity contribution in [3.8, 4) is 0 Å². The molecule has 116 valence electrons. The second-order valence-corrected chi connectivity index (χ2v) is 4.78. The van der Waals surface area contributed by atoms with Crippen LogP contribution in [-0.4, -0.2) is 59.7 Å². The summed E-state index contributed by atoms with van der Waals surface area (Å²) in [6.07, 6.45) is 1.85. The van der Waals surface area contributed by atoms with Gasteiger partial charge in [0.05, 0.1) is 32.5 Å². The molecule has 7 heteroatoms. The second-order valence-electron chi connectivity index (χ2n) is 4.78. The lowest BCUT2D eigenvalue weighted by molar-refractivity contribution is -0.0737. The number of amides is 1. The second kappa shape index (κ2) is 8.04. The van der Waals surface area contributed by atoms with Gasteiger partial charge < -0.3 is 25.0 Å². The smallest absolute Gasteiger partial charge is 0.270 e. The lowest BCUT2D eigenvalue weighted by Gasteiger charge is -2.31. The number of nitrogens with zero attached hydrogens (tertiary/aromatic N) is 1. The molecule has 7 nitrogen and oxygen atoms in total. The van der Waals surface area contributed by atoms with Crippen LogP contribution in [-0.2, 0) is 16.1 Å². The van der Waals surface area contributed by atoms with Crippen LogP contribution in [0, 0.1) is 0 Å². The first-order chi connectivity index (χ1) is 10.2. The van der Waals surface area contributed by atoms with Crippen molar-refractivity contribution in [3.63, 3.8) is 0 Å². The predicted molar refractivity (Wildman–Crippen MR) is 73.7 cm³/mol. The lowest BCUT2D eigenvalue weighted by atomic mass is 10.1. The van der Waals surface area contributed by atoms with Crippen LogP contribution in [0.1, 0.15) is 22.5 Å². The molecule has 0 bridgehead atoms. The van der Waals surface area contributed by atoms with Gasteiger partial charge in [0.25, 0.3) is 5.91 Å². The summed E-state index contributed by atoms with van der Waals surface area (Å²) in [5.41, 5.74) is 0.893. The van der Waals surface area contributed by atoms with Gasteiger partial charge >= 0.3 is 0 Å².